The summed E-state index contributed by atoms with van der Waals surface area (Å²) in [4.78, 5) is 13.2. The molecule has 0 aliphatic heterocycles. The fourth-order valence-corrected chi connectivity index (χ4v) is 3.15. The second-order valence-electron chi connectivity index (χ2n) is 7.23. The first kappa shape index (κ1) is 18.1. The van der Waals surface area contributed by atoms with Gasteiger partial charge in [0.25, 0.3) is 0 Å². The lowest BCUT2D eigenvalue weighted by Gasteiger charge is -2.12. The van der Waals surface area contributed by atoms with Crippen molar-refractivity contribution in [1.82, 2.24) is 0 Å². The lowest BCUT2D eigenvalue weighted by molar-refractivity contribution is 0.298. The third-order valence-corrected chi connectivity index (χ3v) is 4.82. The summed E-state index contributed by atoms with van der Waals surface area (Å²) in [5.74, 6) is 0.719. The van der Waals surface area contributed by atoms with Gasteiger partial charge in [-0.15, -0.1) is 0 Å². The van der Waals surface area contributed by atoms with Crippen molar-refractivity contribution >= 4 is 11.0 Å². The van der Waals surface area contributed by atoms with Crippen LogP contribution in [0.1, 0.15) is 22.3 Å². The normalized spacial score (nSPS) is 11.0. The minimum Gasteiger partial charge on any atom is -0.481 e. The van der Waals surface area contributed by atoms with Gasteiger partial charge in [-0.1, -0.05) is 65.7 Å². The number of fused-ring (bicyclic) bond motifs is 1. The molecule has 0 saturated heterocycles. The highest BCUT2D eigenvalue weighted by Crippen LogP contribution is 2.32. The standard InChI is InChI=1S/C25H22O3/c1-16-4-9-19(10-5-16)15-27-25-23(26)21-13-8-18(3)14-22(21)28-24(25)20-11-6-17(2)7-12-20/h4-14H,15H2,1-3H3. The van der Waals surface area contributed by atoms with E-state index in [9.17, 15) is 4.79 Å². The van der Waals surface area contributed by atoms with E-state index < -0.39 is 0 Å². The van der Waals surface area contributed by atoms with Crippen molar-refractivity contribution in [2.75, 3.05) is 0 Å². The van der Waals surface area contributed by atoms with E-state index >= 15 is 0 Å². The summed E-state index contributed by atoms with van der Waals surface area (Å²) in [5, 5.41) is 0.528. The van der Waals surface area contributed by atoms with Crippen molar-refractivity contribution in [1.29, 1.82) is 0 Å². The van der Waals surface area contributed by atoms with Crippen LogP contribution < -0.4 is 10.2 Å². The largest absolute Gasteiger partial charge is 0.481 e. The maximum absolute atomic E-state index is 13.2. The summed E-state index contributed by atoms with van der Waals surface area (Å²) >= 11 is 0. The monoisotopic (exact) mass is 370 g/mol. The van der Waals surface area contributed by atoms with Crippen LogP contribution in [0.2, 0.25) is 0 Å². The molecule has 4 aromatic rings. The highest BCUT2D eigenvalue weighted by atomic mass is 16.5. The Morgan fingerprint density at radius 2 is 1.39 bits per heavy atom. The minimum atomic E-state index is -0.149. The molecule has 1 heterocycles. The van der Waals surface area contributed by atoms with Gasteiger partial charge in [0.1, 0.15) is 12.2 Å². The Labute approximate surface area is 164 Å². The first-order valence-corrected chi connectivity index (χ1v) is 9.34. The molecule has 140 valence electrons. The minimum absolute atomic E-state index is 0.149. The fourth-order valence-electron chi connectivity index (χ4n) is 3.15. The van der Waals surface area contributed by atoms with Crippen molar-refractivity contribution in [2.45, 2.75) is 27.4 Å². The van der Waals surface area contributed by atoms with Gasteiger partial charge in [-0.3, -0.25) is 4.79 Å². The van der Waals surface area contributed by atoms with Crippen LogP contribution in [0.15, 0.2) is 75.9 Å². The highest BCUT2D eigenvalue weighted by Gasteiger charge is 2.18. The average Bonchev–Trinajstić information content (AvgIpc) is 2.69. The van der Waals surface area contributed by atoms with Crippen molar-refractivity contribution in [3.05, 3.63) is 99.2 Å². The molecule has 0 bridgehead atoms. The second-order valence-corrected chi connectivity index (χ2v) is 7.23. The van der Waals surface area contributed by atoms with Gasteiger partial charge in [-0.25, -0.2) is 0 Å². The molecular weight excluding hydrogens is 348 g/mol. The van der Waals surface area contributed by atoms with E-state index in [0.29, 0.717) is 23.3 Å². The molecule has 0 fully saturated rings. The zero-order valence-corrected chi connectivity index (χ0v) is 16.3. The fraction of sp³-hybridized carbons (Fsp3) is 0.160. The Bertz CT molecular complexity index is 1180. The summed E-state index contributed by atoms with van der Waals surface area (Å²) in [6.07, 6.45) is 0. The lowest BCUT2D eigenvalue weighted by atomic mass is 10.1. The summed E-state index contributed by atoms with van der Waals surface area (Å²) < 4.78 is 12.2. The number of benzene rings is 3. The number of rotatable bonds is 4. The Hall–Kier alpha value is -3.33. The molecule has 4 rings (SSSR count). The molecule has 0 spiro atoms. The Kier molecular flexibility index (Phi) is 4.74. The molecule has 1 aromatic heterocycles. The van der Waals surface area contributed by atoms with Crippen LogP contribution in [0.5, 0.6) is 5.75 Å². The summed E-state index contributed by atoms with van der Waals surface area (Å²) in [6.45, 7) is 6.35. The van der Waals surface area contributed by atoms with E-state index in [1.165, 1.54) is 5.56 Å². The van der Waals surface area contributed by atoms with Crippen LogP contribution in [-0.2, 0) is 6.61 Å². The van der Waals surface area contributed by atoms with E-state index in [0.717, 1.165) is 22.3 Å². The van der Waals surface area contributed by atoms with E-state index in [4.69, 9.17) is 9.15 Å². The molecule has 3 aromatic carbocycles. The third-order valence-electron chi connectivity index (χ3n) is 4.82. The smallest absolute Gasteiger partial charge is 0.235 e. The van der Waals surface area contributed by atoms with Crippen molar-refractivity contribution in [3.63, 3.8) is 0 Å². The van der Waals surface area contributed by atoms with Gasteiger partial charge in [-0.05, 0) is 44.0 Å². The third kappa shape index (κ3) is 3.56. The van der Waals surface area contributed by atoms with E-state index in [1.54, 1.807) is 6.07 Å². The van der Waals surface area contributed by atoms with Gasteiger partial charge >= 0.3 is 0 Å². The average molecular weight is 370 g/mol. The van der Waals surface area contributed by atoms with Crippen LogP contribution in [0.4, 0.5) is 0 Å². The van der Waals surface area contributed by atoms with Crippen LogP contribution in [-0.4, -0.2) is 0 Å². The molecule has 0 saturated carbocycles. The summed E-state index contributed by atoms with van der Waals surface area (Å²) in [6, 6.07) is 21.6. The predicted octanol–water partition coefficient (Wildman–Crippen LogP) is 5.96. The maximum atomic E-state index is 13.2. The molecule has 0 atom stereocenters. The predicted molar refractivity (Wildman–Crippen MR) is 113 cm³/mol. The Morgan fingerprint density at radius 1 is 0.786 bits per heavy atom. The van der Waals surface area contributed by atoms with Gasteiger partial charge in [0.2, 0.25) is 11.2 Å². The van der Waals surface area contributed by atoms with Gasteiger partial charge in [0.05, 0.1) is 5.39 Å². The van der Waals surface area contributed by atoms with Crippen molar-refractivity contribution in [3.8, 4) is 17.1 Å². The SMILES string of the molecule is Cc1ccc(COc2c(-c3ccc(C)cc3)oc3cc(C)ccc3c2=O)cc1. The quantitative estimate of drug-likeness (QED) is 0.445. The molecule has 0 aliphatic rings. The van der Waals surface area contributed by atoms with Gasteiger partial charge in [0.15, 0.2) is 5.76 Å². The number of hydrogen-bond donors (Lipinski definition) is 0. The molecule has 0 unspecified atom stereocenters. The number of ether oxygens (including phenoxy) is 1. The van der Waals surface area contributed by atoms with Gasteiger partial charge in [0, 0.05) is 5.56 Å². The molecule has 0 amide bonds. The Morgan fingerprint density at radius 3 is 2.07 bits per heavy atom. The molecule has 3 nitrogen and oxygen atoms in total. The topological polar surface area (TPSA) is 39.4 Å². The molecule has 28 heavy (non-hydrogen) atoms. The molecular formula is C25H22O3. The molecule has 0 N–H and O–H groups in total. The molecule has 0 radical (unpaired) electrons. The van der Waals surface area contributed by atoms with Crippen molar-refractivity contribution < 1.29 is 9.15 Å². The Balaban J connectivity index is 1.84. The lowest BCUT2D eigenvalue weighted by Crippen LogP contribution is -2.10. The zero-order chi connectivity index (χ0) is 19.7. The van der Waals surface area contributed by atoms with E-state index in [2.05, 4.69) is 0 Å². The van der Waals surface area contributed by atoms with Crippen LogP contribution in [0, 0.1) is 20.8 Å². The van der Waals surface area contributed by atoms with E-state index in [-0.39, 0.29) is 11.2 Å². The highest BCUT2D eigenvalue weighted by molar-refractivity contribution is 5.82. The van der Waals surface area contributed by atoms with Crippen LogP contribution in [0.3, 0.4) is 0 Å². The van der Waals surface area contributed by atoms with Crippen LogP contribution >= 0.6 is 0 Å². The van der Waals surface area contributed by atoms with Gasteiger partial charge in [-0.2, -0.15) is 0 Å². The number of hydrogen-bond acceptors (Lipinski definition) is 3. The van der Waals surface area contributed by atoms with Gasteiger partial charge < -0.3 is 9.15 Å². The molecule has 3 heteroatoms. The number of aryl methyl sites for hydroxylation is 3. The van der Waals surface area contributed by atoms with E-state index in [1.807, 2.05) is 81.4 Å². The first-order valence-electron chi connectivity index (χ1n) is 9.34. The summed E-state index contributed by atoms with van der Waals surface area (Å²) in [5.41, 5.74) is 5.62. The summed E-state index contributed by atoms with van der Waals surface area (Å²) in [7, 11) is 0. The zero-order valence-electron chi connectivity index (χ0n) is 16.3. The van der Waals surface area contributed by atoms with Crippen LogP contribution in [0.25, 0.3) is 22.3 Å². The second kappa shape index (κ2) is 7.35. The molecule has 0 aliphatic carbocycles. The van der Waals surface area contributed by atoms with Crippen molar-refractivity contribution in [2.24, 2.45) is 0 Å². The first-order chi connectivity index (χ1) is 13.5. The maximum Gasteiger partial charge on any atom is 0.235 e.